The summed E-state index contributed by atoms with van der Waals surface area (Å²) in [5.41, 5.74) is 2.30. The molecule has 2 aromatic rings. The van der Waals surface area contributed by atoms with E-state index in [9.17, 15) is 4.79 Å². The lowest BCUT2D eigenvalue weighted by Gasteiger charge is -2.28. The van der Waals surface area contributed by atoms with E-state index in [1.165, 1.54) is 25.6 Å². The Hall–Kier alpha value is -2.27. The quantitative estimate of drug-likeness (QED) is 0.819. The number of hydrogen-bond donors (Lipinski definition) is 1. The number of hydrogen-bond acceptors (Lipinski definition) is 4. The Labute approximate surface area is 148 Å². The van der Waals surface area contributed by atoms with Crippen molar-refractivity contribution >= 4 is 5.91 Å². The molecule has 1 aliphatic carbocycles. The molecule has 1 aliphatic rings. The molecule has 1 amide bonds. The van der Waals surface area contributed by atoms with E-state index in [0.29, 0.717) is 30.7 Å². The molecule has 1 aromatic carbocycles. The van der Waals surface area contributed by atoms with E-state index in [-0.39, 0.29) is 5.91 Å². The van der Waals surface area contributed by atoms with Crippen molar-refractivity contribution in [1.29, 1.82) is 0 Å². The van der Waals surface area contributed by atoms with Crippen molar-refractivity contribution in [2.45, 2.75) is 38.7 Å². The van der Waals surface area contributed by atoms with Gasteiger partial charge in [-0.3, -0.25) is 4.79 Å². The van der Waals surface area contributed by atoms with Crippen molar-refractivity contribution in [3.63, 3.8) is 0 Å². The Bertz CT molecular complexity index is 690. The fraction of sp³-hybridized carbons (Fsp3) is 0.450. The van der Waals surface area contributed by atoms with Gasteiger partial charge in [0.15, 0.2) is 0 Å². The molecule has 5 heteroatoms. The molecule has 0 saturated heterocycles. The van der Waals surface area contributed by atoms with Crippen LogP contribution in [0.2, 0.25) is 0 Å². The summed E-state index contributed by atoms with van der Waals surface area (Å²) < 4.78 is 5.96. The molecule has 1 N–H and O–H groups in total. The third-order valence-corrected chi connectivity index (χ3v) is 4.80. The van der Waals surface area contributed by atoms with Crippen molar-refractivity contribution in [3.05, 3.63) is 48.5 Å². The van der Waals surface area contributed by atoms with Gasteiger partial charge in [-0.15, -0.1) is 0 Å². The van der Waals surface area contributed by atoms with E-state index >= 15 is 0 Å². The molecular formula is C20H25N3O2. The van der Waals surface area contributed by atoms with Gasteiger partial charge < -0.3 is 10.1 Å². The maximum absolute atomic E-state index is 12.5. The van der Waals surface area contributed by atoms with Crippen molar-refractivity contribution in [2.24, 2.45) is 5.92 Å². The number of carbonyl (C=O) groups excluding carboxylic acids is 1. The molecule has 1 saturated carbocycles. The standard InChI is InChI=1S/C20H25N3O2/c1-15-6-2-5-9-19(15)25-11-10-23-20(24)18-8-4-3-7-17(18)16-12-21-14-22-13-16/h3-4,7-8,12-15,19H,2,5-6,9-11H2,1H3,(H,23,24)/t15-,19-/m0/s1. The Balaban J connectivity index is 1.55. The first-order valence-electron chi connectivity index (χ1n) is 9.00. The summed E-state index contributed by atoms with van der Waals surface area (Å²) in [6.07, 6.45) is 10.2. The Morgan fingerprint density at radius 2 is 1.96 bits per heavy atom. The second-order valence-corrected chi connectivity index (χ2v) is 6.60. The van der Waals surface area contributed by atoms with Gasteiger partial charge in [-0.1, -0.05) is 38.0 Å². The Kier molecular flexibility index (Phi) is 6.12. The second kappa shape index (κ2) is 8.72. The minimum atomic E-state index is -0.0975. The highest BCUT2D eigenvalue weighted by molar-refractivity contribution is 6.00. The van der Waals surface area contributed by atoms with Gasteiger partial charge in [0, 0.05) is 30.1 Å². The summed E-state index contributed by atoms with van der Waals surface area (Å²) in [6, 6.07) is 7.50. The smallest absolute Gasteiger partial charge is 0.251 e. The van der Waals surface area contributed by atoms with Crippen LogP contribution in [0.1, 0.15) is 43.0 Å². The predicted molar refractivity (Wildman–Crippen MR) is 97.2 cm³/mol. The number of aromatic nitrogens is 2. The molecule has 1 aromatic heterocycles. The summed E-state index contributed by atoms with van der Waals surface area (Å²) in [4.78, 5) is 20.6. The molecule has 1 fully saturated rings. The van der Waals surface area contributed by atoms with Crippen LogP contribution in [0.3, 0.4) is 0 Å². The lowest BCUT2D eigenvalue weighted by atomic mass is 9.88. The zero-order valence-corrected chi connectivity index (χ0v) is 14.6. The van der Waals surface area contributed by atoms with Gasteiger partial charge in [0.05, 0.1) is 12.7 Å². The number of nitrogens with zero attached hydrogens (tertiary/aromatic N) is 2. The molecule has 132 valence electrons. The van der Waals surface area contributed by atoms with Crippen molar-refractivity contribution in [2.75, 3.05) is 13.2 Å². The topological polar surface area (TPSA) is 64.1 Å². The zero-order chi connectivity index (χ0) is 17.5. The summed E-state index contributed by atoms with van der Waals surface area (Å²) in [7, 11) is 0. The summed E-state index contributed by atoms with van der Waals surface area (Å²) >= 11 is 0. The van der Waals surface area contributed by atoms with Gasteiger partial charge in [-0.05, 0) is 30.4 Å². The summed E-state index contributed by atoms with van der Waals surface area (Å²) in [6.45, 7) is 3.32. The molecular weight excluding hydrogens is 314 g/mol. The van der Waals surface area contributed by atoms with E-state index in [1.54, 1.807) is 12.4 Å². The second-order valence-electron chi connectivity index (χ2n) is 6.60. The Morgan fingerprint density at radius 3 is 2.76 bits per heavy atom. The SMILES string of the molecule is C[C@H]1CCCC[C@@H]1OCCNC(=O)c1ccccc1-c1cncnc1. The number of benzene rings is 1. The molecule has 25 heavy (non-hydrogen) atoms. The number of carbonyl (C=O) groups is 1. The van der Waals surface area contributed by atoms with Crippen LogP contribution in [0, 0.1) is 5.92 Å². The summed E-state index contributed by atoms with van der Waals surface area (Å²) in [5.74, 6) is 0.517. The molecule has 3 rings (SSSR count). The highest BCUT2D eigenvalue weighted by atomic mass is 16.5. The minimum Gasteiger partial charge on any atom is -0.376 e. The average Bonchev–Trinajstić information content (AvgIpc) is 2.67. The molecule has 5 nitrogen and oxygen atoms in total. The fourth-order valence-electron chi connectivity index (χ4n) is 3.37. The monoisotopic (exact) mass is 339 g/mol. The molecule has 0 bridgehead atoms. The molecule has 2 atom stereocenters. The number of nitrogens with one attached hydrogen (secondary N) is 1. The summed E-state index contributed by atoms with van der Waals surface area (Å²) in [5, 5.41) is 2.96. The first-order chi connectivity index (χ1) is 12.3. The maximum atomic E-state index is 12.5. The largest absolute Gasteiger partial charge is 0.376 e. The van der Waals surface area contributed by atoms with Crippen molar-refractivity contribution < 1.29 is 9.53 Å². The lowest BCUT2D eigenvalue weighted by Crippen LogP contribution is -2.32. The number of rotatable bonds is 6. The zero-order valence-electron chi connectivity index (χ0n) is 14.6. The van der Waals surface area contributed by atoms with E-state index < -0.39 is 0 Å². The van der Waals surface area contributed by atoms with E-state index in [0.717, 1.165) is 17.5 Å². The van der Waals surface area contributed by atoms with Crippen LogP contribution in [0.25, 0.3) is 11.1 Å². The van der Waals surface area contributed by atoms with Gasteiger partial charge in [0.2, 0.25) is 0 Å². The highest BCUT2D eigenvalue weighted by Gasteiger charge is 2.21. The number of ether oxygens (including phenoxy) is 1. The van der Waals surface area contributed by atoms with Crippen LogP contribution >= 0.6 is 0 Å². The van der Waals surface area contributed by atoms with Crippen LogP contribution in [0.5, 0.6) is 0 Å². The van der Waals surface area contributed by atoms with Gasteiger partial charge in [0.25, 0.3) is 5.91 Å². The highest BCUT2D eigenvalue weighted by Crippen LogP contribution is 2.26. The van der Waals surface area contributed by atoms with Crippen molar-refractivity contribution in [3.8, 4) is 11.1 Å². The lowest BCUT2D eigenvalue weighted by molar-refractivity contribution is -0.00293. The normalized spacial score (nSPS) is 20.2. The van der Waals surface area contributed by atoms with Crippen LogP contribution in [-0.4, -0.2) is 35.1 Å². The van der Waals surface area contributed by atoms with Gasteiger partial charge in [-0.2, -0.15) is 0 Å². The molecule has 1 heterocycles. The van der Waals surface area contributed by atoms with Gasteiger partial charge in [-0.25, -0.2) is 9.97 Å². The van der Waals surface area contributed by atoms with Gasteiger partial charge in [0.1, 0.15) is 6.33 Å². The third kappa shape index (κ3) is 4.63. The van der Waals surface area contributed by atoms with Crippen LogP contribution in [-0.2, 0) is 4.74 Å². The third-order valence-electron chi connectivity index (χ3n) is 4.80. The van der Waals surface area contributed by atoms with E-state index in [4.69, 9.17) is 4.74 Å². The maximum Gasteiger partial charge on any atom is 0.251 e. The first-order valence-corrected chi connectivity index (χ1v) is 9.00. The Morgan fingerprint density at radius 1 is 1.20 bits per heavy atom. The average molecular weight is 339 g/mol. The molecule has 0 aliphatic heterocycles. The minimum absolute atomic E-state index is 0.0975. The first kappa shape index (κ1) is 17.5. The van der Waals surface area contributed by atoms with E-state index in [1.807, 2.05) is 24.3 Å². The van der Waals surface area contributed by atoms with E-state index in [2.05, 4.69) is 22.2 Å². The predicted octanol–water partition coefficient (Wildman–Crippen LogP) is 3.47. The molecule has 0 spiro atoms. The van der Waals surface area contributed by atoms with Crippen LogP contribution < -0.4 is 5.32 Å². The fourth-order valence-corrected chi connectivity index (χ4v) is 3.37. The van der Waals surface area contributed by atoms with Crippen LogP contribution in [0.4, 0.5) is 0 Å². The molecule has 0 unspecified atom stereocenters. The van der Waals surface area contributed by atoms with Crippen molar-refractivity contribution in [1.82, 2.24) is 15.3 Å². The number of amides is 1. The van der Waals surface area contributed by atoms with Crippen LogP contribution in [0.15, 0.2) is 43.0 Å². The molecule has 0 radical (unpaired) electrons. The van der Waals surface area contributed by atoms with Gasteiger partial charge >= 0.3 is 0 Å².